The fourth-order valence-corrected chi connectivity index (χ4v) is 2.16. The van der Waals surface area contributed by atoms with Gasteiger partial charge in [-0.1, -0.05) is 19.3 Å². The van der Waals surface area contributed by atoms with Crippen LogP contribution < -0.4 is 4.74 Å². The molecule has 0 radical (unpaired) electrons. The molecule has 4 nitrogen and oxygen atoms in total. The van der Waals surface area contributed by atoms with Crippen molar-refractivity contribution in [1.82, 2.24) is 9.78 Å². The maximum Gasteiger partial charge on any atom is 0.157 e. The Morgan fingerprint density at radius 1 is 1.44 bits per heavy atom. The van der Waals surface area contributed by atoms with Gasteiger partial charge in [0.05, 0.1) is 18.0 Å². The molecule has 4 heteroatoms. The molecule has 0 amide bonds. The third-order valence-corrected chi connectivity index (χ3v) is 3.23. The monoisotopic (exact) mass is 224 g/mol. The standard InChI is InChI=1S/C12H20N2O2/c1-2-14-9-11(8-13-14)16-10-12(15)6-4-3-5-7-12/h8-9,15H,2-7,10H2,1H3. The highest BCUT2D eigenvalue weighted by Gasteiger charge is 2.30. The van der Waals surface area contributed by atoms with Gasteiger partial charge in [0.2, 0.25) is 0 Å². The van der Waals surface area contributed by atoms with Crippen LogP contribution in [0.1, 0.15) is 39.0 Å². The van der Waals surface area contributed by atoms with Gasteiger partial charge in [0.25, 0.3) is 0 Å². The molecular formula is C12H20N2O2. The normalized spacial score (nSPS) is 19.6. The van der Waals surface area contributed by atoms with E-state index in [1.165, 1.54) is 6.42 Å². The minimum atomic E-state index is -0.618. The van der Waals surface area contributed by atoms with Crippen molar-refractivity contribution in [3.8, 4) is 5.75 Å². The Kier molecular flexibility index (Phi) is 3.49. The van der Waals surface area contributed by atoms with Gasteiger partial charge >= 0.3 is 0 Å². The molecule has 16 heavy (non-hydrogen) atoms. The van der Waals surface area contributed by atoms with Gasteiger partial charge in [-0.2, -0.15) is 5.10 Å². The topological polar surface area (TPSA) is 47.3 Å². The van der Waals surface area contributed by atoms with E-state index in [0.29, 0.717) is 6.61 Å². The number of nitrogens with zero attached hydrogens (tertiary/aromatic N) is 2. The number of aryl methyl sites for hydroxylation is 1. The lowest BCUT2D eigenvalue weighted by molar-refractivity contribution is -0.0339. The molecule has 0 unspecified atom stereocenters. The number of aromatic nitrogens is 2. The van der Waals surface area contributed by atoms with Crippen LogP contribution in [0.2, 0.25) is 0 Å². The van der Waals surface area contributed by atoms with Crippen LogP contribution >= 0.6 is 0 Å². The first-order chi connectivity index (χ1) is 7.72. The molecule has 0 atom stereocenters. The van der Waals surface area contributed by atoms with Crippen molar-refractivity contribution in [3.05, 3.63) is 12.4 Å². The summed E-state index contributed by atoms with van der Waals surface area (Å²) in [5.74, 6) is 0.751. The molecule has 1 aliphatic carbocycles. The van der Waals surface area contributed by atoms with Crippen LogP contribution in [0, 0.1) is 0 Å². The van der Waals surface area contributed by atoms with Crippen LogP contribution in [0.15, 0.2) is 12.4 Å². The van der Waals surface area contributed by atoms with Gasteiger partial charge in [0, 0.05) is 6.54 Å². The van der Waals surface area contributed by atoms with E-state index in [0.717, 1.165) is 38.0 Å². The van der Waals surface area contributed by atoms with Crippen LogP contribution in [0.3, 0.4) is 0 Å². The fourth-order valence-electron chi connectivity index (χ4n) is 2.16. The lowest BCUT2D eigenvalue weighted by atomic mass is 9.86. The molecule has 1 fully saturated rings. The second-order valence-electron chi connectivity index (χ2n) is 4.61. The lowest BCUT2D eigenvalue weighted by Crippen LogP contribution is -2.37. The summed E-state index contributed by atoms with van der Waals surface area (Å²) in [7, 11) is 0. The van der Waals surface area contributed by atoms with Crippen LogP contribution in [-0.4, -0.2) is 27.1 Å². The molecule has 0 saturated heterocycles. The smallest absolute Gasteiger partial charge is 0.157 e. The Hall–Kier alpha value is -1.03. The van der Waals surface area contributed by atoms with Crippen molar-refractivity contribution in [2.45, 2.75) is 51.2 Å². The molecule has 90 valence electrons. The Balaban J connectivity index is 1.86. The average molecular weight is 224 g/mol. The van der Waals surface area contributed by atoms with E-state index < -0.39 is 5.60 Å². The van der Waals surface area contributed by atoms with Gasteiger partial charge in [-0.3, -0.25) is 4.68 Å². The number of hydrogen-bond donors (Lipinski definition) is 1. The minimum absolute atomic E-state index is 0.391. The van der Waals surface area contributed by atoms with Gasteiger partial charge in [-0.25, -0.2) is 0 Å². The fraction of sp³-hybridized carbons (Fsp3) is 0.750. The molecule has 0 aliphatic heterocycles. The van der Waals surface area contributed by atoms with Crippen LogP contribution in [0.4, 0.5) is 0 Å². The zero-order chi connectivity index (χ0) is 11.4. The molecule has 1 aromatic rings. The summed E-state index contributed by atoms with van der Waals surface area (Å²) in [6.07, 6.45) is 8.73. The van der Waals surface area contributed by atoms with E-state index in [9.17, 15) is 5.11 Å². The zero-order valence-corrected chi connectivity index (χ0v) is 9.85. The molecule has 0 aromatic carbocycles. The van der Waals surface area contributed by atoms with Crippen molar-refractivity contribution in [3.63, 3.8) is 0 Å². The summed E-state index contributed by atoms with van der Waals surface area (Å²) in [4.78, 5) is 0. The lowest BCUT2D eigenvalue weighted by Gasteiger charge is -2.31. The summed E-state index contributed by atoms with van der Waals surface area (Å²) in [6.45, 7) is 3.27. The predicted molar refractivity (Wildman–Crippen MR) is 61.4 cm³/mol. The first-order valence-electron chi connectivity index (χ1n) is 6.09. The quantitative estimate of drug-likeness (QED) is 0.850. The Morgan fingerprint density at radius 3 is 2.81 bits per heavy atom. The molecule has 2 rings (SSSR count). The van der Waals surface area contributed by atoms with E-state index in [4.69, 9.17) is 4.74 Å². The Labute approximate surface area is 96.2 Å². The van der Waals surface area contributed by atoms with Gasteiger partial charge < -0.3 is 9.84 Å². The largest absolute Gasteiger partial charge is 0.487 e. The number of rotatable bonds is 4. The number of ether oxygens (including phenoxy) is 1. The van der Waals surface area contributed by atoms with E-state index in [-0.39, 0.29) is 0 Å². The first-order valence-corrected chi connectivity index (χ1v) is 6.09. The first kappa shape index (κ1) is 11.5. The SMILES string of the molecule is CCn1cc(OCC2(O)CCCCC2)cn1. The molecule has 1 saturated carbocycles. The second kappa shape index (κ2) is 4.87. The van der Waals surface area contributed by atoms with Crippen molar-refractivity contribution in [2.75, 3.05) is 6.61 Å². The zero-order valence-electron chi connectivity index (χ0n) is 9.85. The van der Waals surface area contributed by atoms with Gasteiger partial charge in [0.1, 0.15) is 6.61 Å². The number of hydrogen-bond acceptors (Lipinski definition) is 3. The molecule has 1 N–H and O–H groups in total. The summed E-state index contributed by atoms with van der Waals surface area (Å²) in [5.41, 5.74) is -0.618. The van der Waals surface area contributed by atoms with Crippen molar-refractivity contribution in [1.29, 1.82) is 0 Å². The van der Waals surface area contributed by atoms with Gasteiger partial charge in [-0.05, 0) is 19.8 Å². The predicted octanol–water partition coefficient (Wildman–Crippen LogP) is 1.98. The molecule has 1 aliphatic rings. The summed E-state index contributed by atoms with van der Waals surface area (Å²) in [6, 6.07) is 0. The Morgan fingerprint density at radius 2 is 2.19 bits per heavy atom. The van der Waals surface area contributed by atoms with Crippen molar-refractivity contribution < 1.29 is 9.84 Å². The summed E-state index contributed by atoms with van der Waals surface area (Å²) < 4.78 is 7.42. The minimum Gasteiger partial charge on any atom is -0.487 e. The van der Waals surface area contributed by atoms with E-state index in [1.807, 2.05) is 17.8 Å². The average Bonchev–Trinajstić information content (AvgIpc) is 2.75. The van der Waals surface area contributed by atoms with E-state index in [1.54, 1.807) is 6.20 Å². The summed E-state index contributed by atoms with van der Waals surface area (Å²) in [5, 5.41) is 14.4. The third kappa shape index (κ3) is 2.76. The highest BCUT2D eigenvalue weighted by Crippen LogP contribution is 2.28. The maximum atomic E-state index is 10.2. The van der Waals surface area contributed by atoms with E-state index >= 15 is 0 Å². The second-order valence-corrected chi connectivity index (χ2v) is 4.61. The maximum absolute atomic E-state index is 10.2. The molecule has 0 spiro atoms. The van der Waals surface area contributed by atoms with Crippen LogP contribution in [0.25, 0.3) is 0 Å². The number of aliphatic hydroxyl groups is 1. The molecule has 1 heterocycles. The van der Waals surface area contributed by atoms with Crippen molar-refractivity contribution >= 4 is 0 Å². The van der Waals surface area contributed by atoms with Crippen molar-refractivity contribution in [2.24, 2.45) is 0 Å². The molecule has 1 aromatic heterocycles. The third-order valence-electron chi connectivity index (χ3n) is 3.23. The highest BCUT2D eigenvalue weighted by molar-refractivity contribution is 5.12. The Bertz CT molecular complexity index is 330. The van der Waals surface area contributed by atoms with Crippen LogP contribution in [0.5, 0.6) is 5.75 Å². The van der Waals surface area contributed by atoms with Gasteiger partial charge in [0.15, 0.2) is 5.75 Å². The molecule has 0 bridgehead atoms. The molecular weight excluding hydrogens is 204 g/mol. The highest BCUT2D eigenvalue weighted by atomic mass is 16.5. The summed E-state index contributed by atoms with van der Waals surface area (Å²) >= 11 is 0. The van der Waals surface area contributed by atoms with Crippen LogP contribution in [-0.2, 0) is 6.54 Å². The van der Waals surface area contributed by atoms with Gasteiger partial charge in [-0.15, -0.1) is 0 Å². The van der Waals surface area contributed by atoms with E-state index in [2.05, 4.69) is 5.10 Å².